The van der Waals surface area contributed by atoms with Gasteiger partial charge in [-0.2, -0.15) is 10.2 Å². The minimum atomic E-state index is -3.27. The van der Waals surface area contributed by atoms with Crippen LogP contribution >= 0.6 is 0 Å². The predicted molar refractivity (Wildman–Crippen MR) is 119 cm³/mol. The Bertz CT molecular complexity index is 921. The first-order chi connectivity index (χ1) is 15.0. The van der Waals surface area contributed by atoms with E-state index in [-0.39, 0.29) is 18.1 Å². The standard InChI is InChI=1S/C22H31N5O3S/c1-31(28,29)26-21-11-14-27(22-6-2-3-12-23-22)15-18(21)16-30-19-9-7-17(8-10-19)20-5-4-13-24-25-20/h2-6,12-13,17-19,21,26H,7-11,14-16H2,1H3/t17-,18-,19+,21-/m0/s1. The fraction of sp³-hybridized carbons (Fsp3) is 0.591. The van der Waals surface area contributed by atoms with Gasteiger partial charge in [-0.25, -0.2) is 18.1 Å². The molecule has 1 aliphatic carbocycles. The highest BCUT2D eigenvalue weighted by Gasteiger charge is 2.33. The molecule has 1 aliphatic heterocycles. The number of pyridine rings is 1. The Balaban J connectivity index is 1.34. The first-order valence-corrected chi connectivity index (χ1v) is 12.9. The van der Waals surface area contributed by atoms with Crippen molar-refractivity contribution in [2.75, 3.05) is 30.9 Å². The molecule has 0 spiro atoms. The van der Waals surface area contributed by atoms with Crippen LogP contribution in [0.15, 0.2) is 42.7 Å². The topological polar surface area (TPSA) is 97.3 Å². The number of nitrogens with one attached hydrogen (secondary N) is 1. The van der Waals surface area contributed by atoms with Gasteiger partial charge < -0.3 is 9.64 Å². The van der Waals surface area contributed by atoms with Crippen molar-refractivity contribution < 1.29 is 13.2 Å². The van der Waals surface area contributed by atoms with Crippen molar-refractivity contribution in [2.24, 2.45) is 5.92 Å². The minimum absolute atomic E-state index is 0.0724. The lowest BCUT2D eigenvalue weighted by Crippen LogP contribution is -2.52. The van der Waals surface area contributed by atoms with Gasteiger partial charge in [-0.05, 0) is 56.4 Å². The van der Waals surface area contributed by atoms with Gasteiger partial charge >= 0.3 is 0 Å². The van der Waals surface area contributed by atoms with Crippen LogP contribution in [0.4, 0.5) is 5.82 Å². The molecule has 2 atom stereocenters. The van der Waals surface area contributed by atoms with Gasteiger partial charge in [0.25, 0.3) is 0 Å². The van der Waals surface area contributed by atoms with Gasteiger partial charge in [0, 0.05) is 43.4 Å². The lowest BCUT2D eigenvalue weighted by molar-refractivity contribution is -0.00236. The number of aromatic nitrogens is 3. The molecule has 168 valence electrons. The van der Waals surface area contributed by atoms with Crippen molar-refractivity contribution in [1.29, 1.82) is 0 Å². The van der Waals surface area contributed by atoms with Crippen molar-refractivity contribution in [1.82, 2.24) is 19.9 Å². The molecule has 31 heavy (non-hydrogen) atoms. The lowest BCUT2D eigenvalue weighted by atomic mass is 9.85. The Morgan fingerprint density at radius 2 is 1.94 bits per heavy atom. The van der Waals surface area contributed by atoms with Crippen molar-refractivity contribution in [3.05, 3.63) is 48.4 Å². The average Bonchev–Trinajstić information content (AvgIpc) is 2.79. The first kappa shape index (κ1) is 22.1. The molecule has 0 amide bonds. The van der Waals surface area contributed by atoms with Crippen molar-refractivity contribution in [3.63, 3.8) is 0 Å². The van der Waals surface area contributed by atoms with E-state index in [0.717, 1.165) is 56.7 Å². The zero-order valence-corrected chi connectivity index (χ0v) is 18.7. The largest absolute Gasteiger partial charge is 0.378 e. The monoisotopic (exact) mass is 445 g/mol. The number of rotatable bonds is 7. The second-order valence-electron chi connectivity index (χ2n) is 8.63. The maximum Gasteiger partial charge on any atom is 0.208 e. The van der Waals surface area contributed by atoms with E-state index < -0.39 is 10.0 Å². The summed E-state index contributed by atoms with van der Waals surface area (Å²) in [6.45, 7) is 2.03. The Labute approximate surface area is 184 Å². The summed E-state index contributed by atoms with van der Waals surface area (Å²) in [7, 11) is -3.27. The van der Waals surface area contributed by atoms with Gasteiger partial charge in [-0.15, -0.1) is 0 Å². The van der Waals surface area contributed by atoms with Crippen LogP contribution in [-0.2, 0) is 14.8 Å². The quantitative estimate of drug-likeness (QED) is 0.699. The van der Waals surface area contributed by atoms with Crippen LogP contribution in [0.5, 0.6) is 0 Å². The first-order valence-electron chi connectivity index (χ1n) is 11.0. The maximum absolute atomic E-state index is 11.9. The molecule has 1 saturated heterocycles. The third kappa shape index (κ3) is 6.21. The molecule has 1 saturated carbocycles. The number of anilines is 1. The van der Waals surface area contributed by atoms with E-state index in [4.69, 9.17) is 4.74 Å². The van der Waals surface area contributed by atoms with E-state index >= 15 is 0 Å². The molecule has 2 aliphatic rings. The normalized spacial score (nSPS) is 27.2. The number of sulfonamides is 1. The fourth-order valence-corrected chi connectivity index (χ4v) is 5.56. The van der Waals surface area contributed by atoms with Crippen LogP contribution in [0.1, 0.15) is 43.7 Å². The van der Waals surface area contributed by atoms with Crippen molar-refractivity contribution >= 4 is 15.8 Å². The van der Waals surface area contributed by atoms with Crippen molar-refractivity contribution in [2.45, 2.75) is 50.2 Å². The summed E-state index contributed by atoms with van der Waals surface area (Å²) in [6.07, 6.45) is 9.72. The summed E-state index contributed by atoms with van der Waals surface area (Å²) in [5.74, 6) is 1.44. The number of ether oxygens (including phenoxy) is 1. The van der Waals surface area contributed by atoms with Crippen LogP contribution in [0, 0.1) is 5.92 Å². The van der Waals surface area contributed by atoms with Gasteiger partial charge in [0.2, 0.25) is 10.0 Å². The SMILES string of the molecule is CS(=O)(=O)N[C@H]1CCN(c2ccccn2)C[C@H]1CO[C@H]1CC[C@@H](c2cccnn2)CC1. The van der Waals surface area contributed by atoms with E-state index in [1.165, 1.54) is 6.26 Å². The second kappa shape index (κ2) is 10.0. The van der Waals surface area contributed by atoms with Gasteiger partial charge in [0.1, 0.15) is 5.82 Å². The number of hydrogen-bond donors (Lipinski definition) is 1. The Morgan fingerprint density at radius 3 is 2.61 bits per heavy atom. The summed E-state index contributed by atoms with van der Waals surface area (Å²) in [5, 5.41) is 8.26. The summed E-state index contributed by atoms with van der Waals surface area (Å²) in [4.78, 5) is 6.68. The summed E-state index contributed by atoms with van der Waals surface area (Å²) >= 11 is 0. The van der Waals surface area contributed by atoms with E-state index in [0.29, 0.717) is 12.5 Å². The van der Waals surface area contributed by atoms with E-state index in [9.17, 15) is 8.42 Å². The summed E-state index contributed by atoms with van der Waals surface area (Å²) in [6, 6.07) is 9.75. The number of hydrogen-bond acceptors (Lipinski definition) is 7. The highest BCUT2D eigenvalue weighted by Crippen LogP contribution is 2.33. The van der Waals surface area contributed by atoms with Crippen LogP contribution < -0.4 is 9.62 Å². The molecular weight excluding hydrogens is 414 g/mol. The van der Waals surface area contributed by atoms with Gasteiger partial charge in [-0.1, -0.05) is 6.07 Å². The van der Waals surface area contributed by atoms with Gasteiger partial charge in [-0.3, -0.25) is 0 Å². The van der Waals surface area contributed by atoms with E-state index in [1.807, 2.05) is 24.3 Å². The van der Waals surface area contributed by atoms with Gasteiger partial charge in [0.05, 0.1) is 24.7 Å². The van der Waals surface area contributed by atoms with Crippen molar-refractivity contribution in [3.8, 4) is 0 Å². The fourth-order valence-electron chi connectivity index (χ4n) is 4.70. The predicted octanol–water partition coefficient (Wildman–Crippen LogP) is 2.36. The molecule has 0 bridgehead atoms. The van der Waals surface area contributed by atoms with Crippen LogP contribution in [0.25, 0.3) is 0 Å². The third-order valence-electron chi connectivity index (χ3n) is 6.30. The zero-order chi connectivity index (χ0) is 21.7. The number of piperidine rings is 1. The molecule has 0 unspecified atom stereocenters. The van der Waals surface area contributed by atoms with Crippen LogP contribution in [-0.4, -0.2) is 61.7 Å². The molecule has 0 aromatic carbocycles. The highest BCUT2D eigenvalue weighted by atomic mass is 32.2. The zero-order valence-electron chi connectivity index (χ0n) is 17.9. The molecular formula is C22H31N5O3S. The maximum atomic E-state index is 11.9. The summed E-state index contributed by atoms with van der Waals surface area (Å²) < 4.78 is 32.9. The number of nitrogens with zero attached hydrogens (tertiary/aromatic N) is 4. The lowest BCUT2D eigenvalue weighted by Gasteiger charge is -2.40. The Kier molecular flexibility index (Phi) is 7.14. The van der Waals surface area contributed by atoms with Gasteiger partial charge in [0.15, 0.2) is 0 Å². The van der Waals surface area contributed by atoms with E-state index in [1.54, 1.807) is 12.4 Å². The Morgan fingerprint density at radius 1 is 1.10 bits per heavy atom. The van der Waals surface area contributed by atoms with Crippen LogP contribution in [0.3, 0.4) is 0 Å². The molecule has 8 nitrogen and oxygen atoms in total. The molecule has 9 heteroatoms. The summed E-state index contributed by atoms with van der Waals surface area (Å²) in [5.41, 5.74) is 1.07. The molecule has 2 aromatic heterocycles. The Hall–Kier alpha value is -2.10. The van der Waals surface area contributed by atoms with E-state index in [2.05, 4.69) is 30.9 Å². The molecule has 2 fully saturated rings. The molecule has 3 heterocycles. The molecule has 2 aromatic rings. The smallest absolute Gasteiger partial charge is 0.208 e. The second-order valence-corrected chi connectivity index (χ2v) is 10.4. The van der Waals surface area contributed by atoms with Crippen LogP contribution in [0.2, 0.25) is 0 Å². The minimum Gasteiger partial charge on any atom is -0.378 e. The highest BCUT2D eigenvalue weighted by molar-refractivity contribution is 7.88. The molecule has 4 rings (SSSR count). The molecule has 1 N–H and O–H groups in total. The molecule has 0 radical (unpaired) electrons. The third-order valence-corrected chi connectivity index (χ3v) is 7.03. The average molecular weight is 446 g/mol.